The summed E-state index contributed by atoms with van der Waals surface area (Å²) in [5.74, 6) is 1.26. The largest absolute Gasteiger partial charge is 0.303 e. The summed E-state index contributed by atoms with van der Waals surface area (Å²) in [6.45, 7) is 6.74. The van der Waals surface area contributed by atoms with Crippen molar-refractivity contribution in [3.63, 3.8) is 0 Å². The van der Waals surface area contributed by atoms with Crippen LogP contribution in [0.4, 0.5) is 0 Å². The Hall–Kier alpha value is -1.31. The molecule has 2 heterocycles. The number of aromatic nitrogens is 2. The van der Waals surface area contributed by atoms with Crippen molar-refractivity contribution in [1.82, 2.24) is 9.38 Å². The van der Waals surface area contributed by atoms with Gasteiger partial charge in [-0.15, -0.1) is 0 Å². The lowest BCUT2D eigenvalue weighted by Gasteiger charge is -2.23. The molecule has 1 aliphatic rings. The van der Waals surface area contributed by atoms with Crippen molar-refractivity contribution < 1.29 is 0 Å². The smallest absolute Gasteiger partial charge is 0.137 e. The molecule has 3 rings (SSSR count). The maximum absolute atomic E-state index is 4.81. The van der Waals surface area contributed by atoms with Crippen molar-refractivity contribution in [2.45, 2.75) is 45.4 Å². The summed E-state index contributed by atoms with van der Waals surface area (Å²) >= 11 is 0. The summed E-state index contributed by atoms with van der Waals surface area (Å²) in [5, 5.41) is 0. The van der Waals surface area contributed by atoms with E-state index in [0.717, 1.165) is 5.65 Å². The molecule has 0 saturated heterocycles. The van der Waals surface area contributed by atoms with Gasteiger partial charge in [0.1, 0.15) is 5.65 Å². The van der Waals surface area contributed by atoms with Gasteiger partial charge >= 0.3 is 0 Å². The Balaban J connectivity index is 2.32. The second-order valence-corrected chi connectivity index (χ2v) is 5.19. The summed E-state index contributed by atoms with van der Waals surface area (Å²) in [6.07, 6.45) is 4.73. The predicted octanol–water partition coefficient (Wildman–Crippen LogP) is 3.64. The Morgan fingerprint density at radius 1 is 1.25 bits per heavy atom. The van der Waals surface area contributed by atoms with Gasteiger partial charge in [-0.3, -0.25) is 0 Å². The molecule has 0 radical (unpaired) electrons. The molecule has 0 spiro atoms. The Morgan fingerprint density at radius 3 is 2.81 bits per heavy atom. The molecule has 0 N–H and O–H groups in total. The zero-order valence-corrected chi connectivity index (χ0v) is 10.2. The standard InChI is InChI=1S/C14H18N2/c1-9-6-7-16-12(8-9)15-13-10(2)4-5-11(3)14(13)16/h6-8,10-11H,4-5H2,1-3H3. The third-order valence-corrected chi connectivity index (χ3v) is 3.81. The van der Waals surface area contributed by atoms with E-state index in [2.05, 4.69) is 43.5 Å². The molecule has 0 aliphatic heterocycles. The molecule has 2 atom stereocenters. The average Bonchev–Trinajstić information content (AvgIpc) is 2.63. The van der Waals surface area contributed by atoms with Gasteiger partial charge in [-0.1, -0.05) is 13.8 Å². The Bertz CT molecular complexity index is 539. The highest BCUT2D eigenvalue weighted by molar-refractivity contribution is 5.47. The van der Waals surface area contributed by atoms with Gasteiger partial charge in [0.15, 0.2) is 0 Å². The number of rotatable bonds is 0. The molecule has 1 aliphatic carbocycles. The van der Waals surface area contributed by atoms with Gasteiger partial charge in [0.25, 0.3) is 0 Å². The fraction of sp³-hybridized carbons (Fsp3) is 0.500. The Kier molecular flexibility index (Phi) is 2.06. The van der Waals surface area contributed by atoms with Crippen molar-refractivity contribution in [3.05, 3.63) is 35.3 Å². The zero-order chi connectivity index (χ0) is 11.3. The lowest BCUT2D eigenvalue weighted by Crippen LogP contribution is -2.11. The number of imidazole rings is 1. The fourth-order valence-electron chi connectivity index (χ4n) is 2.81. The summed E-state index contributed by atoms with van der Waals surface area (Å²) in [7, 11) is 0. The van der Waals surface area contributed by atoms with Crippen LogP contribution in [0.5, 0.6) is 0 Å². The minimum absolute atomic E-state index is 0.617. The predicted molar refractivity (Wildman–Crippen MR) is 66.0 cm³/mol. The third kappa shape index (κ3) is 1.29. The first-order valence-electron chi connectivity index (χ1n) is 6.15. The van der Waals surface area contributed by atoms with Crippen LogP contribution >= 0.6 is 0 Å². The zero-order valence-electron chi connectivity index (χ0n) is 10.2. The topological polar surface area (TPSA) is 17.3 Å². The monoisotopic (exact) mass is 214 g/mol. The lowest BCUT2D eigenvalue weighted by molar-refractivity contribution is 0.508. The number of pyridine rings is 1. The first-order valence-corrected chi connectivity index (χ1v) is 6.15. The van der Waals surface area contributed by atoms with Crippen LogP contribution in [-0.4, -0.2) is 9.38 Å². The van der Waals surface area contributed by atoms with Crippen LogP contribution in [0.15, 0.2) is 18.3 Å². The number of hydrogen-bond donors (Lipinski definition) is 0. The molecular formula is C14H18N2. The lowest BCUT2D eigenvalue weighted by atomic mass is 9.85. The van der Waals surface area contributed by atoms with E-state index < -0.39 is 0 Å². The second-order valence-electron chi connectivity index (χ2n) is 5.19. The van der Waals surface area contributed by atoms with Gasteiger partial charge in [-0.2, -0.15) is 0 Å². The highest BCUT2D eigenvalue weighted by atomic mass is 15.0. The van der Waals surface area contributed by atoms with Crippen LogP contribution in [-0.2, 0) is 0 Å². The van der Waals surface area contributed by atoms with E-state index in [-0.39, 0.29) is 0 Å². The van der Waals surface area contributed by atoms with Crippen molar-refractivity contribution >= 4 is 5.65 Å². The molecule has 2 unspecified atom stereocenters. The SMILES string of the molecule is Cc1ccn2c3c(nc2c1)C(C)CCC3C. The van der Waals surface area contributed by atoms with Gasteiger partial charge in [0.05, 0.1) is 5.69 Å². The third-order valence-electron chi connectivity index (χ3n) is 3.81. The molecular weight excluding hydrogens is 196 g/mol. The molecule has 0 aromatic carbocycles. The minimum Gasteiger partial charge on any atom is -0.303 e. The van der Waals surface area contributed by atoms with Crippen molar-refractivity contribution in [2.75, 3.05) is 0 Å². The van der Waals surface area contributed by atoms with Crippen molar-refractivity contribution in [2.24, 2.45) is 0 Å². The number of nitrogens with zero attached hydrogens (tertiary/aromatic N) is 2. The molecule has 0 bridgehead atoms. The van der Waals surface area contributed by atoms with Gasteiger partial charge in [0, 0.05) is 17.8 Å². The van der Waals surface area contributed by atoms with E-state index in [9.17, 15) is 0 Å². The maximum Gasteiger partial charge on any atom is 0.137 e. The van der Waals surface area contributed by atoms with Crippen LogP contribution in [0.25, 0.3) is 5.65 Å². The van der Waals surface area contributed by atoms with Crippen LogP contribution in [0.3, 0.4) is 0 Å². The first kappa shape index (κ1) is 9.88. The van der Waals surface area contributed by atoms with Crippen LogP contribution in [0, 0.1) is 6.92 Å². The summed E-state index contributed by atoms with van der Waals surface area (Å²) < 4.78 is 2.28. The van der Waals surface area contributed by atoms with E-state index >= 15 is 0 Å². The summed E-state index contributed by atoms with van der Waals surface area (Å²) in [5.41, 5.74) is 5.17. The van der Waals surface area contributed by atoms with Crippen LogP contribution < -0.4 is 0 Å². The van der Waals surface area contributed by atoms with Gasteiger partial charge < -0.3 is 4.40 Å². The number of hydrogen-bond acceptors (Lipinski definition) is 1. The Labute approximate surface area is 96.3 Å². The van der Waals surface area contributed by atoms with E-state index in [0.29, 0.717) is 11.8 Å². The highest BCUT2D eigenvalue weighted by Gasteiger charge is 2.26. The van der Waals surface area contributed by atoms with Crippen molar-refractivity contribution in [3.8, 4) is 0 Å². The van der Waals surface area contributed by atoms with E-state index in [1.807, 2.05) is 0 Å². The highest BCUT2D eigenvalue weighted by Crippen LogP contribution is 2.38. The van der Waals surface area contributed by atoms with Crippen molar-refractivity contribution in [1.29, 1.82) is 0 Å². The van der Waals surface area contributed by atoms with Gasteiger partial charge in [0.2, 0.25) is 0 Å². The fourth-order valence-corrected chi connectivity index (χ4v) is 2.81. The molecule has 2 nitrogen and oxygen atoms in total. The minimum atomic E-state index is 0.617. The molecule has 0 amide bonds. The van der Waals surface area contributed by atoms with Crippen LogP contribution in [0.2, 0.25) is 0 Å². The normalized spacial score (nSPS) is 24.7. The number of aryl methyl sites for hydroxylation is 1. The van der Waals surface area contributed by atoms with Crippen LogP contribution in [0.1, 0.15) is 55.5 Å². The molecule has 2 aromatic heterocycles. The maximum atomic E-state index is 4.81. The first-order chi connectivity index (χ1) is 7.66. The molecule has 0 fully saturated rings. The Morgan fingerprint density at radius 2 is 2.00 bits per heavy atom. The van der Waals surface area contributed by atoms with E-state index in [4.69, 9.17) is 4.98 Å². The molecule has 0 saturated carbocycles. The van der Waals surface area contributed by atoms with Gasteiger partial charge in [-0.05, 0) is 43.4 Å². The molecule has 84 valence electrons. The summed E-state index contributed by atoms with van der Waals surface area (Å²) in [6, 6.07) is 4.35. The van der Waals surface area contributed by atoms with E-state index in [1.54, 1.807) is 0 Å². The molecule has 2 heteroatoms. The molecule has 2 aromatic rings. The average molecular weight is 214 g/mol. The number of fused-ring (bicyclic) bond motifs is 3. The van der Waals surface area contributed by atoms with Gasteiger partial charge in [-0.25, -0.2) is 4.98 Å². The molecule has 16 heavy (non-hydrogen) atoms. The second kappa shape index (κ2) is 3.34. The quantitative estimate of drug-likeness (QED) is 0.654. The van der Waals surface area contributed by atoms with E-state index in [1.165, 1.54) is 29.8 Å². The summed E-state index contributed by atoms with van der Waals surface area (Å²) in [4.78, 5) is 4.81.